The van der Waals surface area contributed by atoms with Gasteiger partial charge in [-0.15, -0.1) is 0 Å². The van der Waals surface area contributed by atoms with Gasteiger partial charge in [-0.3, -0.25) is 13.9 Å². The Morgan fingerprint density at radius 2 is 1.54 bits per heavy atom. The van der Waals surface area contributed by atoms with Crippen LogP contribution >= 0.6 is 46.4 Å². The maximum Gasteiger partial charge on any atom is 0.244 e. The fourth-order valence-corrected chi connectivity index (χ4v) is 4.83. The number of benzene rings is 2. The van der Waals surface area contributed by atoms with Gasteiger partial charge in [-0.1, -0.05) is 66.3 Å². The van der Waals surface area contributed by atoms with E-state index in [0.29, 0.717) is 28.6 Å². The van der Waals surface area contributed by atoms with Crippen LogP contribution in [0, 0.1) is 0 Å². The Balaban J connectivity index is 2.46. The third-order valence-electron chi connectivity index (χ3n) is 5.14. The molecule has 12 heteroatoms. The molecule has 0 spiro atoms. The van der Waals surface area contributed by atoms with Gasteiger partial charge in [-0.2, -0.15) is 0 Å². The number of nitrogens with zero attached hydrogens (tertiary/aromatic N) is 2. The van der Waals surface area contributed by atoms with Gasteiger partial charge in [-0.25, -0.2) is 8.42 Å². The molecule has 1 N–H and O–H groups in total. The topological polar surface area (TPSA) is 86.8 Å². The molecule has 0 unspecified atom stereocenters. The Bertz CT molecular complexity index is 1180. The second-order valence-electron chi connectivity index (χ2n) is 7.85. The molecule has 1 atom stereocenters. The molecule has 192 valence electrons. The lowest BCUT2D eigenvalue weighted by Gasteiger charge is -2.33. The second-order valence-corrected chi connectivity index (χ2v) is 11.4. The molecule has 7 nitrogen and oxygen atoms in total. The number of carbonyl (C=O) groups excluding carboxylic acids is 2. The van der Waals surface area contributed by atoms with E-state index in [0.717, 1.165) is 17.0 Å². The number of halogens is 4. The molecule has 0 aliphatic carbocycles. The Morgan fingerprint density at radius 1 is 0.943 bits per heavy atom. The number of hydrogen-bond acceptors (Lipinski definition) is 4. The fourth-order valence-electron chi connectivity index (χ4n) is 3.37. The summed E-state index contributed by atoms with van der Waals surface area (Å²) in [6, 6.07) is 8.33. The number of nitrogens with one attached hydrogen (secondary N) is 1. The van der Waals surface area contributed by atoms with Gasteiger partial charge in [0.1, 0.15) is 12.6 Å². The van der Waals surface area contributed by atoms with E-state index in [1.807, 2.05) is 6.92 Å². The standard InChI is InChI=1S/C23H27Cl4N3O4S/c1-4-10-28-23(32)21(5-2)29(13-15-6-8-17(24)19(26)11-15)22(31)14-30(35(3,33)34)16-7-9-18(25)20(27)12-16/h6-9,11-12,21H,4-5,10,13-14H2,1-3H3,(H,28,32)/t21-/m0/s1. The van der Waals surface area contributed by atoms with Crippen LogP contribution in [0.2, 0.25) is 20.1 Å². The summed E-state index contributed by atoms with van der Waals surface area (Å²) >= 11 is 24.2. The third kappa shape index (κ3) is 8.15. The molecule has 0 aliphatic heterocycles. The average Bonchev–Trinajstić information content (AvgIpc) is 2.79. The molecule has 0 saturated carbocycles. The summed E-state index contributed by atoms with van der Waals surface area (Å²) in [6.45, 7) is 3.62. The number of carbonyl (C=O) groups is 2. The highest BCUT2D eigenvalue weighted by Crippen LogP contribution is 2.29. The Kier molecular flexibility index (Phi) is 11.0. The molecule has 0 fully saturated rings. The van der Waals surface area contributed by atoms with Gasteiger partial charge in [0, 0.05) is 13.1 Å². The summed E-state index contributed by atoms with van der Waals surface area (Å²) in [5.74, 6) is -0.908. The largest absolute Gasteiger partial charge is 0.354 e. The fraction of sp³-hybridized carbons (Fsp3) is 0.391. The van der Waals surface area contributed by atoms with Gasteiger partial charge >= 0.3 is 0 Å². The van der Waals surface area contributed by atoms with Gasteiger partial charge in [0.05, 0.1) is 32.0 Å². The predicted molar refractivity (Wildman–Crippen MR) is 143 cm³/mol. The van der Waals surface area contributed by atoms with Crippen molar-refractivity contribution in [3.8, 4) is 0 Å². The maximum atomic E-state index is 13.6. The van der Waals surface area contributed by atoms with Crippen LogP contribution in [0.5, 0.6) is 0 Å². The lowest BCUT2D eigenvalue weighted by molar-refractivity contribution is -0.140. The second kappa shape index (κ2) is 13.0. The molecule has 2 aromatic rings. The number of sulfonamides is 1. The van der Waals surface area contributed by atoms with Gasteiger partial charge in [0.15, 0.2) is 0 Å². The third-order valence-corrected chi connectivity index (χ3v) is 7.76. The first kappa shape index (κ1) is 29.5. The van der Waals surface area contributed by atoms with Crippen LogP contribution in [0.25, 0.3) is 0 Å². The zero-order chi connectivity index (χ0) is 26.3. The first-order chi connectivity index (χ1) is 16.4. The van der Waals surface area contributed by atoms with Crippen molar-refractivity contribution < 1.29 is 18.0 Å². The molecule has 0 aromatic heterocycles. The quantitative estimate of drug-likeness (QED) is 0.384. The minimum absolute atomic E-state index is 0.0206. The van der Waals surface area contributed by atoms with E-state index in [9.17, 15) is 18.0 Å². The molecule has 2 rings (SSSR count). The van der Waals surface area contributed by atoms with E-state index in [1.54, 1.807) is 25.1 Å². The molecule has 2 aromatic carbocycles. The Labute approximate surface area is 226 Å². The lowest BCUT2D eigenvalue weighted by Crippen LogP contribution is -2.52. The van der Waals surface area contributed by atoms with Gasteiger partial charge in [0.2, 0.25) is 21.8 Å². The zero-order valence-corrected chi connectivity index (χ0v) is 23.4. The Hall–Kier alpha value is -1.71. The molecule has 0 heterocycles. The average molecular weight is 583 g/mol. The minimum atomic E-state index is -3.88. The van der Waals surface area contributed by atoms with Crippen LogP contribution in [0.4, 0.5) is 5.69 Å². The van der Waals surface area contributed by atoms with Crippen molar-refractivity contribution in [3.05, 3.63) is 62.1 Å². The van der Waals surface area contributed by atoms with E-state index in [2.05, 4.69) is 5.32 Å². The summed E-state index contributed by atoms with van der Waals surface area (Å²) in [5.41, 5.74) is 0.808. The predicted octanol–water partition coefficient (Wildman–Crippen LogP) is 5.40. The van der Waals surface area contributed by atoms with E-state index >= 15 is 0 Å². The van der Waals surface area contributed by atoms with Crippen molar-refractivity contribution in [2.24, 2.45) is 0 Å². The minimum Gasteiger partial charge on any atom is -0.354 e. The summed E-state index contributed by atoms with van der Waals surface area (Å²) in [7, 11) is -3.88. The van der Waals surface area contributed by atoms with Crippen LogP contribution in [-0.2, 0) is 26.2 Å². The normalized spacial score (nSPS) is 12.2. The highest BCUT2D eigenvalue weighted by atomic mass is 35.5. The van der Waals surface area contributed by atoms with Crippen molar-refractivity contribution in [2.45, 2.75) is 39.3 Å². The Morgan fingerprint density at radius 3 is 2.06 bits per heavy atom. The van der Waals surface area contributed by atoms with Crippen molar-refractivity contribution in [3.63, 3.8) is 0 Å². The van der Waals surface area contributed by atoms with Crippen molar-refractivity contribution >= 4 is 73.9 Å². The van der Waals surface area contributed by atoms with Crippen molar-refractivity contribution in [1.29, 1.82) is 0 Å². The summed E-state index contributed by atoms with van der Waals surface area (Å²) in [4.78, 5) is 27.8. The highest BCUT2D eigenvalue weighted by Gasteiger charge is 2.31. The zero-order valence-electron chi connectivity index (χ0n) is 19.5. The molecule has 35 heavy (non-hydrogen) atoms. The van der Waals surface area contributed by atoms with Gasteiger partial charge < -0.3 is 10.2 Å². The monoisotopic (exact) mass is 581 g/mol. The lowest BCUT2D eigenvalue weighted by atomic mass is 10.1. The SMILES string of the molecule is CCCNC(=O)[C@H](CC)N(Cc1ccc(Cl)c(Cl)c1)C(=O)CN(c1ccc(Cl)c(Cl)c1)S(C)(=O)=O. The molecule has 0 aliphatic rings. The molecule has 0 radical (unpaired) electrons. The van der Waals surface area contributed by atoms with Crippen molar-refractivity contribution in [1.82, 2.24) is 10.2 Å². The first-order valence-corrected chi connectivity index (χ1v) is 14.2. The van der Waals surface area contributed by atoms with Crippen LogP contribution < -0.4 is 9.62 Å². The molecular formula is C23H27Cl4N3O4S. The van der Waals surface area contributed by atoms with Crippen LogP contribution in [0.1, 0.15) is 32.3 Å². The number of amides is 2. The van der Waals surface area contributed by atoms with Crippen LogP contribution in [0.3, 0.4) is 0 Å². The first-order valence-electron chi connectivity index (χ1n) is 10.8. The molecule has 0 saturated heterocycles. The smallest absolute Gasteiger partial charge is 0.244 e. The number of anilines is 1. The number of hydrogen-bond donors (Lipinski definition) is 1. The molecular weight excluding hydrogens is 556 g/mol. The van der Waals surface area contributed by atoms with Crippen LogP contribution in [-0.4, -0.2) is 50.5 Å². The van der Waals surface area contributed by atoms with Crippen LogP contribution in [0.15, 0.2) is 36.4 Å². The summed E-state index contributed by atoms with van der Waals surface area (Å²) < 4.78 is 26.1. The van der Waals surface area contributed by atoms with E-state index in [-0.39, 0.29) is 28.2 Å². The summed E-state index contributed by atoms with van der Waals surface area (Å²) in [6.07, 6.45) is 2.02. The number of rotatable bonds is 11. The van der Waals surface area contributed by atoms with Crippen molar-refractivity contribution in [2.75, 3.05) is 23.7 Å². The molecule has 0 bridgehead atoms. The summed E-state index contributed by atoms with van der Waals surface area (Å²) in [5, 5.41) is 3.85. The van der Waals surface area contributed by atoms with E-state index < -0.39 is 28.5 Å². The maximum absolute atomic E-state index is 13.6. The van der Waals surface area contributed by atoms with Gasteiger partial charge in [0.25, 0.3) is 0 Å². The molecule has 2 amide bonds. The van der Waals surface area contributed by atoms with E-state index in [1.165, 1.54) is 23.1 Å². The van der Waals surface area contributed by atoms with E-state index in [4.69, 9.17) is 46.4 Å². The van der Waals surface area contributed by atoms with Gasteiger partial charge in [-0.05, 0) is 48.7 Å². The highest BCUT2D eigenvalue weighted by molar-refractivity contribution is 7.92.